The first-order valence-electron chi connectivity index (χ1n) is 11.4. The Hall–Kier alpha value is -3.12. The number of benzene rings is 2. The lowest BCUT2D eigenvalue weighted by molar-refractivity contribution is -0.139. The van der Waals surface area contributed by atoms with E-state index in [9.17, 15) is 9.59 Å². The van der Waals surface area contributed by atoms with Crippen LogP contribution in [0, 0.1) is 0 Å². The van der Waals surface area contributed by atoms with Crippen LogP contribution in [0.25, 0.3) is 5.57 Å². The topological polar surface area (TPSA) is 59.1 Å². The van der Waals surface area contributed by atoms with Crippen molar-refractivity contribution in [3.8, 4) is 5.75 Å². The van der Waals surface area contributed by atoms with Gasteiger partial charge >= 0.3 is 0 Å². The molecule has 1 unspecified atom stereocenters. The molecule has 6 heteroatoms. The van der Waals surface area contributed by atoms with E-state index in [1.54, 1.807) is 0 Å². The Morgan fingerprint density at radius 2 is 1.81 bits per heavy atom. The molecule has 0 N–H and O–H groups in total. The quantitative estimate of drug-likeness (QED) is 0.655. The highest BCUT2D eigenvalue weighted by molar-refractivity contribution is 6.35. The molecule has 166 valence electrons. The Labute approximate surface area is 188 Å². The van der Waals surface area contributed by atoms with E-state index in [2.05, 4.69) is 17.0 Å². The molecule has 1 saturated heterocycles. The average molecular weight is 433 g/mol. The van der Waals surface area contributed by atoms with Gasteiger partial charge in [-0.3, -0.25) is 14.5 Å². The van der Waals surface area contributed by atoms with Crippen molar-refractivity contribution >= 4 is 17.4 Å². The number of carbonyl (C=O) groups excluding carboxylic acids is 2. The van der Waals surface area contributed by atoms with Gasteiger partial charge in [-0.25, -0.2) is 0 Å². The average Bonchev–Trinajstić information content (AvgIpc) is 3.42. The Balaban J connectivity index is 1.51. The molecule has 3 aliphatic rings. The third kappa shape index (κ3) is 3.79. The van der Waals surface area contributed by atoms with E-state index < -0.39 is 0 Å². The Morgan fingerprint density at radius 3 is 2.53 bits per heavy atom. The van der Waals surface area contributed by atoms with Gasteiger partial charge in [0.1, 0.15) is 11.4 Å². The van der Waals surface area contributed by atoms with Gasteiger partial charge in [0, 0.05) is 19.7 Å². The summed E-state index contributed by atoms with van der Waals surface area (Å²) in [5, 5.41) is 0. The zero-order chi connectivity index (χ0) is 22.1. The van der Waals surface area contributed by atoms with Gasteiger partial charge < -0.3 is 14.4 Å². The van der Waals surface area contributed by atoms with Gasteiger partial charge in [0.05, 0.1) is 24.8 Å². The summed E-state index contributed by atoms with van der Waals surface area (Å²) >= 11 is 0. The van der Waals surface area contributed by atoms with Crippen molar-refractivity contribution in [2.45, 2.75) is 38.8 Å². The van der Waals surface area contributed by atoms with Gasteiger partial charge in [0.25, 0.3) is 11.8 Å². The van der Waals surface area contributed by atoms with E-state index in [-0.39, 0.29) is 17.9 Å². The molecule has 1 atom stereocenters. The summed E-state index contributed by atoms with van der Waals surface area (Å²) in [5.74, 6) is 0.301. The fraction of sp³-hybridized carbons (Fsp3) is 0.385. The molecule has 3 aliphatic heterocycles. The summed E-state index contributed by atoms with van der Waals surface area (Å²) in [6, 6.07) is 15.8. The largest absolute Gasteiger partial charge is 0.494 e. The number of hydrogen-bond acceptors (Lipinski definition) is 5. The molecule has 0 radical (unpaired) electrons. The lowest BCUT2D eigenvalue weighted by Crippen LogP contribution is -2.40. The van der Waals surface area contributed by atoms with Crippen molar-refractivity contribution in [2.75, 3.05) is 26.3 Å². The van der Waals surface area contributed by atoms with Gasteiger partial charge in [-0.1, -0.05) is 36.4 Å². The second-order valence-electron chi connectivity index (χ2n) is 8.48. The Morgan fingerprint density at radius 1 is 1.03 bits per heavy atom. The highest BCUT2D eigenvalue weighted by Gasteiger charge is 2.43. The standard InChI is InChI=1S/C26H28N2O4/c1-2-31-21-11-9-19(10-12-21)23-24(27-14-13-18-6-3-4-7-20(18)16-27)26(30)28(25(23)29)17-22-8-5-15-32-22/h3-4,6-7,9-12,22H,2,5,8,13-17H2,1H3. The number of nitrogens with zero attached hydrogens (tertiary/aromatic N) is 2. The first-order chi connectivity index (χ1) is 15.7. The van der Waals surface area contributed by atoms with Crippen LogP contribution in [0.4, 0.5) is 0 Å². The number of amides is 2. The van der Waals surface area contributed by atoms with Gasteiger partial charge in [-0.05, 0) is 55.0 Å². The maximum absolute atomic E-state index is 13.6. The van der Waals surface area contributed by atoms with Gasteiger partial charge in [0.15, 0.2) is 0 Å². The van der Waals surface area contributed by atoms with Crippen LogP contribution < -0.4 is 4.74 Å². The molecular weight excluding hydrogens is 404 g/mol. The van der Waals surface area contributed by atoms with Crippen LogP contribution >= 0.6 is 0 Å². The van der Waals surface area contributed by atoms with E-state index in [1.807, 2.05) is 43.3 Å². The lowest BCUT2D eigenvalue weighted by atomic mass is 9.98. The van der Waals surface area contributed by atoms with Gasteiger partial charge in [-0.2, -0.15) is 0 Å². The number of ether oxygens (including phenoxy) is 2. The maximum Gasteiger partial charge on any atom is 0.277 e. The molecule has 6 nitrogen and oxygen atoms in total. The van der Waals surface area contributed by atoms with E-state index in [0.717, 1.165) is 30.6 Å². The third-order valence-electron chi connectivity index (χ3n) is 6.45. The van der Waals surface area contributed by atoms with E-state index in [1.165, 1.54) is 16.0 Å². The SMILES string of the molecule is CCOc1ccc(C2=C(N3CCc4ccccc4C3)C(=O)N(CC3CCCO3)C2=O)cc1. The smallest absolute Gasteiger partial charge is 0.277 e. The van der Waals surface area contributed by atoms with Crippen LogP contribution in [0.2, 0.25) is 0 Å². The second-order valence-corrected chi connectivity index (χ2v) is 8.48. The zero-order valence-electron chi connectivity index (χ0n) is 18.4. The fourth-order valence-corrected chi connectivity index (χ4v) is 4.85. The molecule has 0 bridgehead atoms. The van der Waals surface area contributed by atoms with Crippen LogP contribution in [0.3, 0.4) is 0 Å². The minimum Gasteiger partial charge on any atom is -0.494 e. The summed E-state index contributed by atoms with van der Waals surface area (Å²) in [6.07, 6.45) is 2.62. The summed E-state index contributed by atoms with van der Waals surface area (Å²) in [4.78, 5) is 30.6. The molecule has 0 saturated carbocycles. The molecule has 0 aromatic heterocycles. The van der Waals surface area contributed by atoms with Crippen molar-refractivity contribution in [3.63, 3.8) is 0 Å². The number of imide groups is 1. The predicted octanol–water partition coefficient (Wildman–Crippen LogP) is 3.40. The monoisotopic (exact) mass is 432 g/mol. The van der Waals surface area contributed by atoms with Gasteiger partial charge in [0.2, 0.25) is 0 Å². The number of carbonyl (C=O) groups is 2. The van der Waals surface area contributed by atoms with Crippen molar-refractivity contribution in [3.05, 3.63) is 70.9 Å². The number of hydrogen-bond donors (Lipinski definition) is 0. The third-order valence-corrected chi connectivity index (χ3v) is 6.45. The number of rotatable bonds is 6. The minimum absolute atomic E-state index is 0.0779. The zero-order valence-corrected chi connectivity index (χ0v) is 18.4. The molecule has 5 rings (SSSR count). The first kappa shape index (κ1) is 20.8. The summed E-state index contributed by atoms with van der Waals surface area (Å²) in [5.41, 5.74) is 4.24. The van der Waals surface area contributed by atoms with Crippen molar-refractivity contribution < 1.29 is 19.1 Å². The Bertz CT molecular complexity index is 1050. The van der Waals surface area contributed by atoms with E-state index >= 15 is 0 Å². The maximum atomic E-state index is 13.6. The molecule has 0 aliphatic carbocycles. The minimum atomic E-state index is -0.233. The molecule has 2 amide bonds. The van der Waals surface area contributed by atoms with Crippen LogP contribution in [0.15, 0.2) is 54.2 Å². The highest BCUT2D eigenvalue weighted by Crippen LogP contribution is 2.35. The van der Waals surface area contributed by atoms with Crippen LogP contribution in [-0.4, -0.2) is 54.0 Å². The van der Waals surface area contributed by atoms with Crippen molar-refractivity contribution in [2.24, 2.45) is 0 Å². The normalized spacial score (nSPS) is 20.8. The van der Waals surface area contributed by atoms with Crippen LogP contribution in [-0.2, 0) is 27.3 Å². The van der Waals surface area contributed by atoms with Crippen LogP contribution in [0.5, 0.6) is 5.75 Å². The molecule has 2 aromatic carbocycles. The number of fused-ring (bicyclic) bond motifs is 1. The fourth-order valence-electron chi connectivity index (χ4n) is 4.85. The first-order valence-corrected chi connectivity index (χ1v) is 11.4. The van der Waals surface area contributed by atoms with E-state index in [4.69, 9.17) is 9.47 Å². The van der Waals surface area contributed by atoms with Crippen molar-refractivity contribution in [1.82, 2.24) is 9.80 Å². The van der Waals surface area contributed by atoms with E-state index in [0.29, 0.717) is 44.1 Å². The molecule has 1 fully saturated rings. The summed E-state index contributed by atoms with van der Waals surface area (Å²) < 4.78 is 11.3. The Kier molecular flexibility index (Phi) is 5.70. The molecule has 0 spiro atoms. The lowest BCUT2D eigenvalue weighted by Gasteiger charge is -2.31. The molecule has 3 heterocycles. The summed E-state index contributed by atoms with van der Waals surface area (Å²) in [7, 11) is 0. The highest BCUT2D eigenvalue weighted by atomic mass is 16.5. The predicted molar refractivity (Wildman–Crippen MR) is 121 cm³/mol. The van der Waals surface area contributed by atoms with Crippen molar-refractivity contribution in [1.29, 1.82) is 0 Å². The molecular formula is C26H28N2O4. The molecule has 2 aromatic rings. The second kappa shape index (κ2) is 8.79. The van der Waals surface area contributed by atoms with Crippen LogP contribution in [0.1, 0.15) is 36.5 Å². The van der Waals surface area contributed by atoms with Gasteiger partial charge in [-0.15, -0.1) is 0 Å². The summed E-state index contributed by atoms with van der Waals surface area (Å²) in [6.45, 7) is 4.85. The molecule has 32 heavy (non-hydrogen) atoms.